The maximum absolute atomic E-state index is 12.3. The number of aryl methyl sites for hydroxylation is 1. The van der Waals surface area contributed by atoms with Gasteiger partial charge in [-0.25, -0.2) is 9.67 Å². The fourth-order valence-corrected chi connectivity index (χ4v) is 3.12. The molecule has 146 valence electrons. The third-order valence-corrected chi connectivity index (χ3v) is 4.55. The number of ether oxygens (including phenoxy) is 1. The molecule has 0 radical (unpaired) electrons. The van der Waals surface area contributed by atoms with E-state index in [2.05, 4.69) is 15.4 Å². The van der Waals surface area contributed by atoms with Crippen LogP contribution in [0.5, 0.6) is 5.75 Å². The van der Waals surface area contributed by atoms with Crippen molar-refractivity contribution < 1.29 is 9.53 Å². The van der Waals surface area contributed by atoms with Gasteiger partial charge in [0.2, 0.25) is 5.91 Å². The first-order valence-corrected chi connectivity index (χ1v) is 9.59. The van der Waals surface area contributed by atoms with Crippen LogP contribution < -0.4 is 10.1 Å². The first kappa shape index (κ1) is 18.7. The molecule has 0 aliphatic rings. The molecule has 0 saturated carbocycles. The van der Waals surface area contributed by atoms with E-state index < -0.39 is 0 Å². The number of nitrogens with zero attached hydrogens (tertiary/aromatic N) is 3. The molecule has 0 aliphatic heterocycles. The number of hydrogen-bond acceptors (Lipinski definition) is 4. The van der Waals surface area contributed by atoms with E-state index in [0.717, 1.165) is 28.2 Å². The highest BCUT2D eigenvalue weighted by Gasteiger charge is 2.12. The van der Waals surface area contributed by atoms with Gasteiger partial charge in [0.05, 0.1) is 29.9 Å². The highest BCUT2D eigenvalue weighted by Crippen LogP contribution is 2.23. The highest BCUT2D eigenvalue weighted by molar-refractivity contribution is 5.93. The normalized spacial score (nSPS) is 10.8. The molecule has 4 rings (SSSR count). The molecule has 2 heterocycles. The van der Waals surface area contributed by atoms with Crippen molar-refractivity contribution in [2.24, 2.45) is 0 Å². The zero-order valence-electron chi connectivity index (χ0n) is 16.2. The van der Waals surface area contributed by atoms with Crippen molar-refractivity contribution in [2.75, 3.05) is 11.9 Å². The van der Waals surface area contributed by atoms with Crippen molar-refractivity contribution in [1.29, 1.82) is 0 Å². The lowest BCUT2D eigenvalue weighted by molar-refractivity contribution is -0.116. The minimum atomic E-state index is -0.0593. The maximum Gasteiger partial charge on any atom is 0.224 e. The molecule has 4 aromatic rings. The van der Waals surface area contributed by atoms with E-state index in [4.69, 9.17) is 4.74 Å². The van der Waals surface area contributed by atoms with Gasteiger partial charge in [0.15, 0.2) is 5.65 Å². The second kappa shape index (κ2) is 8.56. The zero-order valence-corrected chi connectivity index (χ0v) is 16.2. The van der Waals surface area contributed by atoms with Crippen LogP contribution in [-0.4, -0.2) is 27.3 Å². The average Bonchev–Trinajstić information content (AvgIpc) is 3.09. The number of benzene rings is 2. The molecule has 0 aliphatic carbocycles. The molecule has 1 amide bonds. The summed E-state index contributed by atoms with van der Waals surface area (Å²) in [6.07, 6.45) is 2.69. The second-order valence-corrected chi connectivity index (χ2v) is 6.74. The summed E-state index contributed by atoms with van der Waals surface area (Å²) in [5.41, 5.74) is 3.25. The van der Waals surface area contributed by atoms with E-state index in [1.165, 1.54) is 0 Å². The minimum absolute atomic E-state index is 0.0593. The van der Waals surface area contributed by atoms with Crippen molar-refractivity contribution in [3.63, 3.8) is 0 Å². The number of para-hydroxylation sites is 2. The molecule has 6 nitrogen and oxygen atoms in total. The van der Waals surface area contributed by atoms with E-state index in [1.54, 1.807) is 6.20 Å². The first-order chi connectivity index (χ1) is 14.2. The zero-order chi connectivity index (χ0) is 20.1. The molecule has 0 spiro atoms. The quantitative estimate of drug-likeness (QED) is 0.474. The topological polar surface area (TPSA) is 69.0 Å². The maximum atomic E-state index is 12.3. The molecular weight excluding hydrogens is 364 g/mol. The number of amides is 1. The Morgan fingerprint density at radius 2 is 1.79 bits per heavy atom. The number of rotatable bonds is 7. The Hall–Kier alpha value is -3.67. The fourth-order valence-electron chi connectivity index (χ4n) is 3.12. The summed E-state index contributed by atoms with van der Waals surface area (Å²) in [6.45, 7) is 2.44. The predicted octanol–water partition coefficient (Wildman–Crippen LogP) is 4.53. The number of carbonyl (C=O) groups excluding carboxylic acids is 1. The van der Waals surface area contributed by atoms with E-state index >= 15 is 0 Å². The summed E-state index contributed by atoms with van der Waals surface area (Å²) in [4.78, 5) is 16.8. The number of pyridine rings is 1. The lowest BCUT2D eigenvalue weighted by atomic mass is 10.2. The minimum Gasteiger partial charge on any atom is -0.494 e. The van der Waals surface area contributed by atoms with Gasteiger partial charge in [0, 0.05) is 11.8 Å². The Balaban J connectivity index is 1.38. The van der Waals surface area contributed by atoms with Crippen LogP contribution in [0, 0.1) is 6.92 Å². The van der Waals surface area contributed by atoms with Crippen LogP contribution in [0.4, 0.5) is 5.69 Å². The van der Waals surface area contributed by atoms with E-state index in [1.807, 2.05) is 78.3 Å². The molecule has 6 heteroatoms. The van der Waals surface area contributed by atoms with Gasteiger partial charge in [-0.15, -0.1) is 0 Å². The monoisotopic (exact) mass is 386 g/mol. The third-order valence-electron chi connectivity index (χ3n) is 4.55. The number of carbonyl (C=O) groups is 1. The van der Waals surface area contributed by atoms with E-state index in [0.29, 0.717) is 25.1 Å². The molecule has 2 aromatic heterocycles. The summed E-state index contributed by atoms with van der Waals surface area (Å²) in [7, 11) is 0. The summed E-state index contributed by atoms with van der Waals surface area (Å²) < 4.78 is 7.44. The summed E-state index contributed by atoms with van der Waals surface area (Å²) in [5.74, 6) is 0.754. The van der Waals surface area contributed by atoms with Crippen LogP contribution in [0.25, 0.3) is 16.7 Å². The Morgan fingerprint density at radius 3 is 2.55 bits per heavy atom. The van der Waals surface area contributed by atoms with Gasteiger partial charge in [-0.3, -0.25) is 4.79 Å². The average molecular weight is 386 g/mol. The van der Waals surface area contributed by atoms with Gasteiger partial charge in [0.25, 0.3) is 0 Å². The first-order valence-electron chi connectivity index (χ1n) is 9.59. The number of fused-ring (bicyclic) bond motifs is 1. The van der Waals surface area contributed by atoms with Gasteiger partial charge >= 0.3 is 0 Å². The number of nitrogens with one attached hydrogen (secondary N) is 1. The lowest BCUT2D eigenvalue weighted by Crippen LogP contribution is -2.13. The van der Waals surface area contributed by atoms with Gasteiger partial charge in [-0.2, -0.15) is 5.10 Å². The Kier molecular flexibility index (Phi) is 5.52. The van der Waals surface area contributed by atoms with E-state index in [-0.39, 0.29) is 5.91 Å². The standard InChI is InChI=1S/C23H22N4O2/c1-17-21-15-18(16-24-23(21)27(26-17)19-9-4-2-5-10-19)25-22(28)13-8-14-29-20-11-6-3-7-12-20/h2-7,9-12,15-16H,8,13-14H2,1H3,(H,25,28). The van der Waals surface area contributed by atoms with Gasteiger partial charge in [0.1, 0.15) is 5.75 Å². The van der Waals surface area contributed by atoms with Crippen molar-refractivity contribution >= 4 is 22.6 Å². The molecule has 0 unspecified atom stereocenters. The van der Waals surface area contributed by atoms with Crippen LogP contribution >= 0.6 is 0 Å². The SMILES string of the molecule is Cc1nn(-c2ccccc2)c2ncc(NC(=O)CCCOc3ccccc3)cc12. The molecule has 0 saturated heterocycles. The number of anilines is 1. The van der Waals surface area contributed by atoms with Crippen molar-refractivity contribution in [1.82, 2.24) is 14.8 Å². The number of hydrogen-bond donors (Lipinski definition) is 1. The molecular formula is C23H22N4O2. The van der Waals surface area contributed by atoms with Crippen molar-refractivity contribution in [3.05, 3.63) is 78.6 Å². The second-order valence-electron chi connectivity index (χ2n) is 6.74. The highest BCUT2D eigenvalue weighted by atomic mass is 16.5. The summed E-state index contributed by atoms with van der Waals surface area (Å²) in [5, 5.41) is 8.43. The lowest BCUT2D eigenvalue weighted by Gasteiger charge is -2.07. The largest absolute Gasteiger partial charge is 0.494 e. The predicted molar refractivity (Wildman–Crippen MR) is 113 cm³/mol. The smallest absolute Gasteiger partial charge is 0.224 e. The fraction of sp³-hybridized carbons (Fsp3) is 0.174. The molecule has 29 heavy (non-hydrogen) atoms. The molecule has 0 bridgehead atoms. The van der Waals surface area contributed by atoms with Crippen LogP contribution in [-0.2, 0) is 4.79 Å². The van der Waals surface area contributed by atoms with Crippen molar-refractivity contribution in [2.45, 2.75) is 19.8 Å². The third kappa shape index (κ3) is 4.43. The van der Waals surface area contributed by atoms with Gasteiger partial charge in [-0.05, 0) is 43.7 Å². The number of aromatic nitrogens is 3. The Labute approximate surface area is 169 Å². The summed E-state index contributed by atoms with van der Waals surface area (Å²) in [6, 6.07) is 21.4. The van der Waals surface area contributed by atoms with Gasteiger partial charge in [-0.1, -0.05) is 36.4 Å². The molecule has 0 fully saturated rings. The van der Waals surface area contributed by atoms with Crippen molar-refractivity contribution in [3.8, 4) is 11.4 Å². The van der Waals surface area contributed by atoms with Crippen LogP contribution in [0.3, 0.4) is 0 Å². The van der Waals surface area contributed by atoms with E-state index in [9.17, 15) is 4.79 Å². The summed E-state index contributed by atoms with van der Waals surface area (Å²) >= 11 is 0. The van der Waals surface area contributed by atoms with Crippen LogP contribution in [0.15, 0.2) is 72.9 Å². The van der Waals surface area contributed by atoms with Crippen LogP contribution in [0.1, 0.15) is 18.5 Å². The van der Waals surface area contributed by atoms with Gasteiger partial charge < -0.3 is 10.1 Å². The molecule has 1 N–H and O–H groups in total. The van der Waals surface area contributed by atoms with Crippen LogP contribution in [0.2, 0.25) is 0 Å². The Bertz CT molecular complexity index is 1110. The Morgan fingerprint density at radius 1 is 1.07 bits per heavy atom. The molecule has 2 aromatic carbocycles. The molecule has 0 atom stereocenters.